The van der Waals surface area contributed by atoms with Crippen LogP contribution in [0, 0.1) is 0 Å². The molecule has 0 bridgehead atoms. The summed E-state index contributed by atoms with van der Waals surface area (Å²) in [6.07, 6.45) is 3.46. The fraction of sp³-hybridized carbons (Fsp3) is 0. The summed E-state index contributed by atoms with van der Waals surface area (Å²) < 4.78 is 0. The van der Waals surface area contributed by atoms with Crippen LogP contribution in [0.25, 0.3) is 22.8 Å². The van der Waals surface area contributed by atoms with E-state index >= 15 is 0 Å². The van der Waals surface area contributed by atoms with E-state index in [1.165, 1.54) is 0 Å². The number of rotatable bonds is 2. The highest BCUT2D eigenvalue weighted by atomic mass is 15.0. The maximum atomic E-state index is 5.73. The van der Waals surface area contributed by atoms with E-state index in [0.29, 0.717) is 11.6 Å². The van der Waals surface area contributed by atoms with Gasteiger partial charge in [0.25, 0.3) is 0 Å². The molecule has 3 heterocycles. The number of hydrogen-bond acceptors (Lipinski definition) is 4. The maximum Gasteiger partial charge on any atom is 0.198 e. The van der Waals surface area contributed by atoms with E-state index in [1.54, 1.807) is 12.4 Å². The van der Waals surface area contributed by atoms with Gasteiger partial charge in [0.05, 0.1) is 17.1 Å². The molecule has 0 atom stereocenters. The van der Waals surface area contributed by atoms with Crippen molar-refractivity contribution in [1.82, 2.24) is 19.9 Å². The zero-order chi connectivity index (χ0) is 12.4. The lowest BCUT2D eigenvalue weighted by atomic mass is 10.2. The molecular weight excluding hydrogens is 226 g/mol. The minimum Gasteiger partial charge on any atom is -0.369 e. The predicted octanol–water partition coefficient (Wildman–Crippen LogP) is 2.12. The van der Waals surface area contributed by atoms with Crippen LogP contribution in [0.15, 0.2) is 48.8 Å². The van der Waals surface area contributed by atoms with Gasteiger partial charge in [-0.05, 0) is 24.3 Å². The molecule has 0 amide bonds. The SMILES string of the molecule is Nc1nc(-c2ccccn2)c(-c2ccccn2)[nH]1. The summed E-state index contributed by atoms with van der Waals surface area (Å²) in [6, 6.07) is 11.3. The van der Waals surface area contributed by atoms with Gasteiger partial charge < -0.3 is 10.7 Å². The molecular formula is C13H11N5. The van der Waals surface area contributed by atoms with Crippen molar-refractivity contribution in [3.63, 3.8) is 0 Å². The molecule has 18 heavy (non-hydrogen) atoms. The van der Waals surface area contributed by atoms with Crippen LogP contribution < -0.4 is 5.73 Å². The Hall–Kier alpha value is -2.69. The standard InChI is InChI=1S/C13H11N5/c14-13-17-11(9-5-1-3-7-15-9)12(18-13)10-6-2-4-8-16-10/h1-8H,(H3,14,17,18). The van der Waals surface area contributed by atoms with Gasteiger partial charge in [-0.25, -0.2) is 4.98 Å². The summed E-state index contributed by atoms with van der Waals surface area (Å²) in [4.78, 5) is 15.9. The van der Waals surface area contributed by atoms with Crippen LogP contribution >= 0.6 is 0 Å². The number of nitrogens with two attached hydrogens (primary N) is 1. The molecule has 0 aromatic carbocycles. The third kappa shape index (κ3) is 1.82. The maximum absolute atomic E-state index is 5.73. The van der Waals surface area contributed by atoms with E-state index in [1.807, 2.05) is 36.4 Å². The quantitative estimate of drug-likeness (QED) is 0.715. The van der Waals surface area contributed by atoms with E-state index in [9.17, 15) is 0 Å². The molecule has 0 aliphatic rings. The Balaban J connectivity index is 2.17. The van der Waals surface area contributed by atoms with Gasteiger partial charge in [-0.15, -0.1) is 0 Å². The number of anilines is 1. The van der Waals surface area contributed by atoms with Crippen molar-refractivity contribution in [3.05, 3.63) is 48.8 Å². The van der Waals surface area contributed by atoms with E-state index in [4.69, 9.17) is 5.73 Å². The molecule has 3 aromatic heterocycles. The van der Waals surface area contributed by atoms with Crippen molar-refractivity contribution in [1.29, 1.82) is 0 Å². The summed E-state index contributed by atoms with van der Waals surface area (Å²) >= 11 is 0. The highest BCUT2D eigenvalue weighted by Gasteiger charge is 2.14. The number of aromatic nitrogens is 4. The summed E-state index contributed by atoms with van der Waals surface area (Å²) in [5.74, 6) is 0.358. The lowest BCUT2D eigenvalue weighted by Gasteiger charge is -2.00. The lowest BCUT2D eigenvalue weighted by molar-refractivity contribution is 1.27. The second kappa shape index (κ2) is 4.29. The third-order valence-corrected chi connectivity index (χ3v) is 2.55. The van der Waals surface area contributed by atoms with Crippen molar-refractivity contribution >= 4 is 5.95 Å². The van der Waals surface area contributed by atoms with Crippen LogP contribution in [0.4, 0.5) is 5.95 Å². The van der Waals surface area contributed by atoms with Crippen molar-refractivity contribution in [3.8, 4) is 22.8 Å². The fourth-order valence-electron chi connectivity index (χ4n) is 1.78. The highest BCUT2D eigenvalue weighted by Crippen LogP contribution is 2.27. The summed E-state index contributed by atoms with van der Waals surface area (Å²) in [7, 11) is 0. The molecule has 5 nitrogen and oxygen atoms in total. The Morgan fingerprint density at radius 2 is 1.56 bits per heavy atom. The Labute approximate surface area is 104 Å². The van der Waals surface area contributed by atoms with Gasteiger partial charge in [0.15, 0.2) is 5.95 Å². The molecule has 0 saturated carbocycles. The van der Waals surface area contributed by atoms with Gasteiger partial charge in [0, 0.05) is 12.4 Å². The summed E-state index contributed by atoms with van der Waals surface area (Å²) in [5.41, 5.74) is 8.79. The number of hydrogen-bond donors (Lipinski definition) is 2. The fourth-order valence-corrected chi connectivity index (χ4v) is 1.78. The number of nitrogen functional groups attached to an aromatic ring is 1. The van der Waals surface area contributed by atoms with Crippen LogP contribution in [0.3, 0.4) is 0 Å². The van der Waals surface area contributed by atoms with Crippen molar-refractivity contribution < 1.29 is 0 Å². The van der Waals surface area contributed by atoms with E-state index in [2.05, 4.69) is 19.9 Å². The Kier molecular flexibility index (Phi) is 2.49. The molecule has 3 aromatic rings. The molecule has 88 valence electrons. The van der Waals surface area contributed by atoms with E-state index in [-0.39, 0.29) is 0 Å². The van der Waals surface area contributed by atoms with Gasteiger partial charge in [0.1, 0.15) is 5.69 Å². The molecule has 3 rings (SSSR count). The van der Waals surface area contributed by atoms with Gasteiger partial charge in [-0.2, -0.15) is 0 Å². The molecule has 0 aliphatic heterocycles. The molecule has 5 heteroatoms. The summed E-state index contributed by atoms with van der Waals surface area (Å²) in [5, 5.41) is 0. The molecule has 3 N–H and O–H groups in total. The monoisotopic (exact) mass is 237 g/mol. The smallest absolute Gasteiger partial charge is 0.198 e. The van der Waals surface area contributed by atoms with Crippen LogP contribution in [-0.2, 0) is 0 Å². The molecule has 0 saturated heterocycles. The van der Waals surface area contributed by atoms with Gasteiger partial charge in [-0.3, -0.25) is 9.97 Å². The highest BCUT2D eigenvalue weighted by molar-refractivity contribution is 5.75. The molecule has 0 spiro atoms. The first-order valence-corrected chi connectivity index (χ1v) is 5.53. The van der Waals surface area contributed by atoms with Crippen LogP contribution in [0.1, 0.15) is 0 Å². The first kappa shape index (κ1) is 10.5. The molecule has 0 fully saturated rings. The number of H-pyrrole nitrogens is 1. The van der Waals surface area contributed by atoms with Crippen molar-refractivity contribution in [2.45, 2.75) is 0 Å². The number of pyridine rings is 2. The number of aromatic amines is 1. The topological polar surface area (TPSA) is 80.5 Å². The number of nitrogens with zero attached hydrogens (tertiary/aromatic N) is 3. The average Bonchev–Trinajstić information content (AvgIpc) is 2.83. The molecule has 0 radical (unpaired) electrons. The summed E-state index contributed by atoms with van der Waals surface area (Å²) in [6.45, 7) is 0. The average molecular weight is 237 g/mol. The Morgan fingerprint density at radius 1 is 0.889 bits per heavy atom. The normalized spacial score (nSPS) is 10.4. The zero-order valence-corrected chi connectivity index (χ0v) is 9.54. The van der Waals surface area contributed by atoms with Crippen LogP contribution in [0.2, 0.25) is 0 Å². The largest absolute Gasteiger partial charge is 0.369 e. The Bertz CT molecular complexity index is 589. The zero-order valence-electron chi connectivity index (χ0n) is 9.54. The minimum absolute atomic E-state index is 0.358. The van der Waals surface area contributed by atoms with Gasteiger partial charge in [0.2, 0.25) is 0 Å². The van der Waals surface area contributed by atoms with Gasteiger partial charge in [-0.1, -0.05) is 12.1 Å². The van der Waals surface area contributed by atoms with Crippen molar-refractivity contribution in [2.75, 3.05) is 5.73 Å². The van der Waals surface area contributed by atoms with Crippen molar-refractivity contribution in [2.24, 2.45) is 0 Å². The number of imidazole rings is 1. The number of nitrogens with one attached hydrogen (secondary N) is 1. The van der Waals surface area contributed by atoms with Crippen LogP contribution in [-0.4, -0.2) is 19.9 Å². The lowest BCUT2D eigenvalue weighted by Crippen LogP contribution is -1.88. The van der Waals surface area contributed by atoms with Crippen LogP contribution in [0.5, 0.6) is 0 Å². The first-order valence-electron chi connectivity index (χ1n) is 5.53. The first-order chi connectivity index (χ1) is 8.84. The molecule has 0 unspecified atom stereocenters. The third-order valence-electron chi connectivity index (χ3n) is 2.55. The van der Waals surface area contributed by atoms with Gasteiger partial charge >= 0.3 is 0 Å². The predicted molar refractivity (Wildman–Crippen MR) is 69.5 cm³/mol. The Morgan fingerprint density at radius 3 is 2.17 bits per heavy atom. The molecule has 0 aliphatic carbocycles. The second-order valence-corrected chi connectivity index (χ2v) is 3.78. The van der Waals surface area contributed by atoms with E-state index in [0.717, 1.165) is 17.1 Å². The second-order valence-electron chi connectivity index (χ2n) is 3.78. The van der Waals surface area contributed by atoms with E-state index < -0.39 is 0 Å². The minimum atomic E-state index is 0.358.